The Morgan fingerprint density at radius 3 is 2.48 bits per heavy atom. The third-order valence-corrected chi connectivity index (χ3v) is 4.38. The first kappa shape index (κ1) is 19.1. The summed E-state index contributed by atoms with van der Waals surface area (Å²) < 4.78 is 24.4. The van der Waals surface area contributed by atoms with Gasteiger partial charge in [-0.15, -0.1) is 0 Å². The maximum atomic E-state index is 13.0. The van der Waals surface area contributed by atoms with Gasteiger partial charge in [-0.1, -0.05) is 41.4 Å². The van der Waals surface area contributed by atoms with Crippen LogP contribution in [0.3, 0.4) is 0 Å². The van der Waals surface area contributed by atoms with Crippen molar-refractivity contribution in [2.45, 2.75) is 20.1 Å². The van der Waals surface area contributed by atoms with Crippen LogP contribution >= 0.6 is 11.6 Å². The minimum absolute atomic E-state index is 0.264. The molecule has 0 radical (unpaired) electrons. The van der Waals surface area contributed by atoms with E-state index in [-0.39, 0.29) is 5.82 Å². The molecule has 0 heterocycles. The van der Waals surface area contributed by atoms with Crippen molar-refractivity contribution in [3.8, 4) is 11.5 Å². The van der Waals surface area contributed by atoms with E-state index in [0.717, 1.165) is 16.8 Å². The average Bonchev–Trinajstić information content (AvgIpc) is 2.66. The van der Waals surface area contributed by atoms with Crippen molar-refractivity contribution in [3.63, 3.8) is 0 Å². The zero-order chi connectivity index (χ0) is 19.2. The molecule has 0 bridgehead atoms. The highest BCUT2D eigenvalue weighted by atomic mass is 35.5. The smallest absolute Gasteiger partial charge is 0.180 e. The van der Waals surface area contributed by atoms with Crippen LogP contribution in [0.15, 0.2) is 60.7 Å². The van der Waals surface area contributed by atoms with Gasteiger partial charge in [-0.25, -0.2) is 4.39 Å². The fourth-order valence-corrected chi connectivity index (χ4v) is 3.03. The second-order valence-corrected chi connectivity index (χ2v) is 6.65. The molecule has 0 aliphatic rings. The van der Waals surface area contributed by atoms with Crippen molar-refractivity contribution in [1.29, 1.82) is 0 Å². The van der Waals surface area contributed by atoms with Crippen LogP contribution in [0.4, 0.5) is 10.1 Å². The third kappa shape index (κ3) is 5.14. The van der Waals surface area contributed by atoms with Crippen molar-refractivity contribution in [3.05, 3.63) is 88.2 Å². The summed E-state index contributed by atoms with van der Waals surface area (Å²) in [6.45, 7) is 2.98. The van der Waals surface area contributed by atoms with E-state index in [1.807, 2.05) is 37.3 Å². The fraction of sp³-hybridized carbons (Fsp3) is 0.182. The van der Waals surface area contributed by atoms with Crippen molar-refractivity contribution in [2.24, 2.45) is 0 Å². The van der Waals surface area contributed by atoms with Gasteiger partial charge in [-0.2, -0.15) is 0 Å². The minimum Gasteiger partial charge on any atom is -0.493 e. The monoisotopic (exact) mass is 385 g/mol. The van der Waals surface area contributed by atoms with Gasteiger partial charge in [0.05, 0.1) is 12.1 Å². The molecule has 140 valence electrons. The number of hydrogen-bond acceptors (Lipinski definition) is 3. The number of anilines is 1. The number of halogens is 2. The number of nitrogens with one attached hydrogen (secondary N) is 1. The highest BCUT2D eigenvalue weighted by Gasteiger charge is 2.12. The molecule has 3 aromatic rings. The van der Waals surface area contributed by atoms with Gasteiger partial charge in [0, 0.05) is 12.2 Å². The first-order valence-electron chi connectivity index (χ1n) is 8.59. The predicted octanol–water partition coefficient (Wildman–Crippen LogP) is 5.99. The standard InChI is InChI=1S/C22H21ClFNO2/c1-15-4-3-5-16(10-15)14-27-22-20(23)11-17(12-21(22)26-2)13-25-19-8-6-18(24)7-9-19/h3-12,25H,13-14H2,1-2H3. The molecule has 0 spiro atoms. The Morgan fingerprint density at radius 2 is 1.78 bits per heavy atom. The van der Waals surface area contributed by atoms with Gasteiger partial charge in [-0.3, -0.25) is 0 Å². The fourth-order valence-electron chi connectivity index (χ4n) is 2.74. The van der Waals surface area contributed by atoms with Crippen LogP contribution in [0.2, 0.25) is 5.02 Å². The van der Waals surface area contributed by atoms with E-state index in [1.165, 1.54) is 17.7 Å². The molecule has 0 amide bonds. The van der Waals surface area contributed by atoms with Crippen molar-refractivity contribution in [1.82, 2.24) is 0 Å². The molecule has 1 N–H and O–H groups in total. The minimum atomic E-state index is -0.264. The van der Waals surface area contributed by atoms with Gasteiger partial charge in [0.2, 0.25) is 0 Å². The van der Waals surface area contributed by atoms with E-state index < -0.39 is 0 Å². The molecule has 0 saturated carbocycles. The molecular formula is C22H21ClFNO2. The summed E-state index contributed by atoms with van der Waals surface area (Å²) in [7, 11) is 1.59. The van der Waals surface area contributed by atoms with Crippen LogP contribution in [0, 0.1) is 12.7 Å². The Labute approximate surface area is 163 Å². The first-order valence-corrected chi connectivity index (χ1v) is 8.97. The lowest BCUT2D eigenvalue weighted by Gasteiger charge is -2.15. The Morgan fingerprint density at radius 1 is 1.00 bits per heavy atom. The van der Waals surface area contributed by atoms with Gasteiger partial charge in [0.25, 0.3) is 0 Å². The van der Waals surface area contributed by atoms with Gasteiger partial charge in [0.1, 0.15) is 12.4 Å². The Balaban J connectivity index is 1.71. The van der Waals surface area contributed by atoms with E-state index in [4.69, 9.17) is 21.1 Å². The molecule has 5 heteroatoms. The summed E-state index contributed by atoms with van der Waals surface area (Å²) in [5.74, 6) is 0.831. The van der Waals surface area contributed by atoms with Crippen LogP contribution in [0.25, 0.3) is 0 Å². The number of rotatable bonds is 7. The second kappa shape index (κ2) is 8.78. The van der Waals surface area contributed by atoms with Crippen LogP contribution in [-0.2, 0) is 13.2 Å². The number of benzene rings is 3. The molecule has 3 aromatic carbocycles. The molecule has 0 atom stereocenters. The predicted molar refractivity (Wildman–Crippen MR) is 107 cm³/mol. The van der Waals surface area contributed by atoms with Gasteiger partial charge >= 0.3 is 0 Å². The normalized spacial score (nSPS) is 10.5. The van der Waals surface area contributed by atoms with Crippen molar-refractivity contribution in [2.75, 3.05) is 12.4 Å². The zero-order valence-electron chi connectivity index (χ0n) is 15.3. The molecule has 3 rings (SSSR count). The van der Waals surface area contributed by atoms with Crippen LogP contribution in [0.1, 0.15) is 16.7 Å². The van der Waals surface area contributed by atoms with E-state index in [0.29, 0.717) is 29.7 Å². The number of aryl methyl sites for hydroxylation is 1. The number of ether oxygens (including phenoxy) is 2. The topological polar surface area (TPSA) is 30.5 Å². The SMILES string of the molecule is COc1cc(CNc2ccc(F)cc2)cc(Cl)c1OCc1cccc(C)c1. The maximum Gasteiger partial charge on any atom is 0.180 e. The Hall–Kier alpha value is -2.72. The van der Waals surface area contributed by atoms with E-state index in [9.17, 15) is 4.39 Å². The van der Waals surface area contributed by atoms with Gasteiger partial charge < -0.3 is 14.8 Å². The summed E-state index contributed by atoms with van der Waals surface area (Å²) in [6.07, 6.45) is 0. The van der Waals surface area contributed by atoms with E-state index >= 15 is 0 Å². The highest BCUT2D eigenvalue weighted by Crippen LogP contribution is 2.37. The van der Waals surface area contributed by atoms with Gasteiger partial charge in [-0.05, 0) is 54.4 Å². The largest absolute Gasteiger partial charge is 0.493 e. The summed E-state index contributed by atoms with van der Waals surface area (Å²) in [6, 6.07) is 18.0. The zero-order valence-corrected chi connectivity index (χ0v) is 16.0. The lowest BCUT2D eigenvalue weighted by molar-refractivity contribution is 0.284. The van der Waals surface area contributed by atoms with E-state index in [1.54, 1.807) is 19.2 Å². The Bertz CT molecular complexity index is 913. The number of methoxy groups -OCH3 is 1. The maximum absolute atomic E-state index is 13.0. The lowest BCUT2D eigenvalue weighted by Crippen LogP contribution is -2.03. The first-order chi connectivity index (χ1) is 13.0. The molecule has 0 unspecified atom stereocenters. The molecule has 0 fully saturated rings. The Kier molecular flexibility index (Phi) is 6.20. The second-order valence-electron chi connectivity index (χ2n) is 6.25. The third-order valence-electron chi connectivity index (χ3n) is 4.10. The molecule has 0 aromatic heterocycles. The quantitative estimate of drug-likeness (QED) is 0.542. The molecule has 0 aliphatic carbocycles. The molecule has 27 heavy (non-hydrogen) atoms. The molecular weight excluding hydrogens is 365 g/mol. The molecule has 3 nitrogen and oxygen atoms in total. The molecule has 0 aliphatic heterocycles. The van der Waals surface area contributed by atoms with Gasteiger partial charge in [0.15, 0.2) is 11.5 Å². The average molecular weight is 386 g/mol. The van der Waals surface area contributed by atoms with Crippen LogP contribution < -0.4 is 14.8 Å². The number of hydrogen-bond donors (Lipinski definition) is 1. The van der Waals surface area contributed by atoms with Crippen LogP contribution in [0.5, 0.6) is 11.5 Å². The van der Waals surface area contributed by atoms with E-state index in [2.05, 4.69) is 11.4 Å². The van der Waals surface area contributed by atoms with Crippen LogP contribution in [-0.4, -0.2) is 7.11 Å². The van der Waals surface area contributed by atoms with Crippen molar-refractivity contribution >= 4 is 17.3 Å². The highest BCUT2D eigenvalue weighted by molar-refractivity contribution is 6.32. The molecule has 0 saturated heterocycles. The van der Waals surface area contributed by atoms with Crippen molar-refractivity contribution < 1.29 is 13.9 Å². The summed E-state index contributed by atoms with van der Waals surface area (Å²) in [5.41, 5.74) is 4.00. The summed E-state index contributed by atoms with van der Waals surface area (Å²) in [5, 5.41) is 3.71. The summed E-state index contributed by atoms with van der Waals surface area (Å²) in [4.78, 5) is 0. The lowest BCUT2D eigenvalue weighted by atomic mass is 10.1. The summed E-state index contributed by atoms with van der Waals surface area (Å²) >= 11 is 6.43.